The fourth-order valence-corrected chi connectivity index (χ4v) is 4.95. The highest BCUT2D eigenvalue weighted by Crippen LogP contribution is 2.33. The van der Waals surface area contributed by atoms with E-state index in [-0.39, 0.29) is 11.8 Å². The van der Waals surface area contributed by atoms with E-state index in [0.717, 1.165) is 28.8 Å². The molecule has 3 aromatic carbocycles. The van der Waals surface area contributed by atoms with Gasteiger partial charge in [0.2, 0.25) is 5.91 Å². The van der Waals surface area contributed by atoms with Crippen molar-refractivity contribution >= 4 is 23.2 Å². The zero-order valence-corrected chi connectivity index (χ0v) is 23.5. The highest BCUT2D eigenvalue weighted by Gasteiger charge is 2.27. The Labute approximate surface area is 237 Å². The topological polar surface area (TPSA) is 84.5 Å². The van der Waals surface area contributed by atoms with Gasteiger partial charge in [-0.2, -0.15) is 0 Å². The van der Waals surface area contributed by atoms with E-state index in [1.807, 2.05) is 91.7 Å². The quantitative estimate of drug-likeness (QED) is 0.231. The third-order valence-corrected chi connectivity index (χ3v) is 7.24. The van der Waals surface area contributed by atoms with Crippen LogP contribution >= 0.6 is 0 Å². The first-order valence-corrected chi connectivity index (χ1v) is 13.7. The number of nitrogens with zero attached hydrogens (tertiary/aromatic N) is 2. The predicted molar refractivity (Wildman–Crippen MR) is 164 cm³/mol. The van der Waals surface area contributed by atoms with E-state index < -0.39 is 4.65 Å². The van der Waals surface area contributed by atoms with Crippen LogP contribution < -0.4 is 15.3 Å². The summed E-state index contributed by atoms with van der Waals surface area (Å²) in [7, 11) is 3.50. The first kappa shape index (κ1) is 29.0. The number of hydrogen-bond acceptors (Lipinski definition) is 4. The smallest absolute Gasteiger partial charge is 0.256 e. The lowest BCUT2D eigenvalue weighted by Gasteiger charge is -2.44. The molecule has 0 saturated carbocycles. The zero-order valence-electron chi connectivity index (χ0n) is 23.5. The van der Waals surface area contributed by atoms with Crippen molar-refractivity contribution in [2.24, 2.45) is 0 Å². The Hall–Kier alpha value is -4.04. The molecule has 1 unspecified atom stereocenters. The summed E-state index contributed by atoms with van der Waals surface area (Å²) < 4.78 is -0.553. The third kappa shape index (κ3) is 7.12. The first-order valence-electron chi connectivity index (χ1n) is 13.7. The molecule has 1 aliphatic carbocycles. The fourth-order valence-electron chi connectivity index (χ4n) is 4.95. The van der Waals surface area contributed by atoms with Gasteiger partial charge in [0.25, 0.3) is 5.91 Å². The second-order valence-corrected chi connectivity index (χ2v) is 10.3. The Morgan fingerprint density at radius 2 is 1.73 bits per heavy atom. The van der Waals surface area contributed by atoms with Crippen molar-refractivity contribution in [1.82, 2.24) is 14.9 Å². The maximum atomic E-state index is 14.3. The molecule has 0 radical (unpaired) electrons. The number of allylic oxidation sites excluding steroid dienone is 4. The highest BCUT2D eigenvalue weighted by molar-refractivity contribution is 6.08. The molecule has 208 valence electrons. The molecule has 0 bridgehead atoms. The van der Waals surface area contributed by atoms with Crippen molar-refractivity contribution < 1.29 is 9.59 Å². The van der Waals surface area contributed by atoms with Gasteiger partial charge in [-0.05, 0) is 55.8 Å². The van der Waals surface area contributed by atoms with Gasteiger partial charge in [0.05, 0.1) is 13.1 Å². The molecular weight excluding hydrogens is 500 g/mol. The molecular formula is C33H38N4O3. The van der Waals surface area contributed by atoms with Gasteiger partial charge in [-0.1, -0.05) is 60.2 Å². The molecule has 2 amide bonds. The van der Waals surface area contributed by atoms with E-state index in [9.17, 15) is 14.8 Å². The number of hydroxylamine groups is 2. The lowest BCUT2D eigenvalue weighted by atomic mass is 9.98. The molecule has 1 aliphatic rings. The number of quaternary nitrogens is 1. The summed E-state index contributed by atoms with van der Waals surface area (Å²) in [5.41, 5.74) is 5.65. The van der Waals surface area contributed by atoms with E-state index >= 15 is 0 Å². The van der Waals surface area contributed by atoms with Crippen molar-refractivity contribution in [2.75, 3.05) is 39.0 Å². The largest absolute Gasteiger partial charge is 0.622 e. The van der Waals surface area contributed by atoms with Gasteiger partial charge in [-0.25, -0.2) is 0 Å². The Morgan fingerprint density at radius 3 is 2.40 bits per heavy atom. The van der Waals surface area contributed by atoms with Crippen molar-refractivity contribution in [3.63, 3.8) is 0 Å². The lowest BCUT2D eigenvalue weighted by Crippen LogP contribution is -2.44. The predicted octanol–water partition coefficient (Wildman–Crippen LogP) is 6.02. The summed E-state index contributed by atoms with van der Waals surface area (Å²) in [4.78, 5) is 26.9. The van der Waals surface area contributed by atoms with Gasteiger partial charge < -0.3 is 15.8 Å². The molecule has 0 heterocycles. The van der Waals surface area contributed by atoms with Crippen LogP contribution in [0.3, 0.4) is 0 Å². The number of carbonyl (C=O) groups excluding carboxylic acids is 2. The number of benzene rings is 3. The minimum Gasteiger partial charge on any atom is -0.622 e. The number of amides is 2. The maximum Gasteiger partial charge on any atom is 0.256 e. The summed E-state index contributed by atoms with van der Waals surface area (Å²) in [5, 5.41) is 20.0. The Kier molecular flexibility index (Phi) is 9.66. The van der Waals surface area contributed by atoms with Gasteiger partial charge >= 0.3 is 0 Å². The molecule has 0 fully saturated rings. The van der Waals surface area contributed by atoms with E-state index in [1.54, 1.807) is 19.2 Å². The van der Waals surface area contributed by atoms with Crippen LogP contribution in [-0.2, 0) is 4.79 Å². The molecule has 1 atom stereocenters. The SMILES string of the molecule is CNC(=O)CN(C)CCC[N+]([O-])(C1=CC=CCC1)c1ccc(NC(=O)c2ccccc2-c2ccc(C)cc2)cc1. The second-order valence-electron chi connectivity index (χ2n) is 10.3. The Balaban J connectivity index is 1.50. The number of likely N-dealkylation sites (N-methyl/N-ethyl adjacent to an activating group) is 2. The van der Waals surface area contributed by atoms with Crippen LogP contribution in [-0.4, -0.2) is 50.4 Å². The average Bonchev–Trinajstić information content (AvgIpc) is 2.98. The monoisotopic (exact) mass is 538 g/mol. The van der Waals surface area contributed by atoms with Gasteiger partial charge in [-0.3, -0.25) is 19.1 Å². The molecule has 0 aromatic heterocycles. The average molecular weight is 539 g/mol. The highest BCUT2D eigenvalue weighted by atomic mass is 16.5. The van der Waals surface area contributed by atoms with Crippen LogP contribution in [0.15, 0.2) is 96.7 Å². The van der Waals surface area contributed by atoms with Crippen molar-refractivity contribution in [2.45, 2.75) is 26.2 Å². The van der Waals surface area contributed by atoms with E-state index in [4.69, 9.17) is 0 Å². The van der Waals surface area contributed by atoms with E-state index in [0.29, 0.717) is 49.4 Å². The van der Waals surface area contributed by atoms with Gasteiger partial charge in [-0.15, -0.1) is 0 Å². The number of nitrogens with one attached hydrogen (secondary N) is 2. The standard InChI is InChI=1S/C33H38N4O3/c1-25-14-16-26(17-15-25)30-12-7-8-13-31(30)33(39)35-27-18-20-29(21-19-27)37(40,28-10-5-4-6-11-28)23-9-22-36(3)24-32(38)34-2/h4-5,7-8,10,12-21H,6,9,11,22-24H2,1-3H3,(H,34,38)(H,35,39). The normalized spacial score (nSPS) is 14.4. The van der Waals surface area contributed by atoms with Crippen molar-refractivity contribution in [3.05, 3.63) is 113 Å². The molecule has 3 aromatic rings. The van der Waals surface area contributed by atoms with E-state index in [1.165, 1.54) is 0 Å². The molecule has 0 spiro atoms. The van der Waals surface area contributed by atoms with Crippen LogP contribution in [0.5, 0.6) is 0 Å². The van der Waals surface area contributed by atoms with Crippen LogP contribution in [0.2, 0.25) is 0 Å². The van der Waals surface area contributed by atoms with Gasteiger partial charge in [0.15, 0.2) is 0 Å². The summed E-state index contributed by atoms with van der Waals surface area (Å²) in [5.74, 6) is -0.254. The van der Waals surface area contributed by atoms with Crippen molar-refractivity contribution in [3.8, 4) is 11.1 Å². The number of carbonyl (C=O) groups is 2. The number of hydrogen-bond donors (Lipinski definition) is 2. The molecule has 0 saturated heterocycles. The minimum atomic E-state index is -0.553. The zero-order chi connectivity index (χ0) is 28.5. The summed E-state index contributed by atoms with van der Waals surface area (Å²) >= 11 is 0. The Morgan fingerprint density at radius 1 is 1.00 bits per heavy atom. The molecule has 2 N–H and O–H groups in total. The Bertz CT molecular complexity index is 1380. The summed E-state index contributed by atoms with van der Waals surface area (Å²) in [6.45, 7) is 3.32. The molecule has 7 heteroatoms. The molecule has 7 nitrogen and oxygen atoms in total. The lowest BCUT2D eigenvalue weighted by molar-refractivity contribution is -0.121. The maximum absolute atomic E-state index is 14.3. The second kappa shape index (κ2) is 13.3. The van der Waals surface area contributed by atoms with Crippen LogP contribution in [0.25, 0.3) is 11.1 Å². The number of anilines is 1. The van der Waals surface area contributed by atoms with Gasteiger partial charge in [0, 0.05) is 49.8 Å². The number of aryl methyl sites for hydroxylation is 1. The minimum absolute atomic E-state index is 0.0513. The first-order chi connectivity index (χ1) is 19.3. The summed E-state index contributed by atoms with van der Waals surface area (Å²) in [6.07, 6.45) is 8.09. The fraction of sp³-hybridized carbons (Fsp3) is 0.273. The van der Waals surface area contributed by atoms with E-state index in [2.05, 4.69) is 16.7 Å². The molecule has 4 rings (SSSR count). The van der Waals surface area contributed by atoms with Crippen LogP contribution in [0, 0.1) is 12.1 Å². The van der Waals surface area contributed by atoms with Crippen LogP contribution in [0.1, 0.15) is 35.2 Å². The van der Waals surface area contributed by atoms with Gasteiger partial charge in [0.1, 0.15) is 11.4 Å². The molecule has 0 aliphatic heterocycles. The molecule has 40 heavy (non-hydrogen) atoms. The van der Waals surface area contributed by atoms with Crippen LogP contribution in [0.4, 0.5) is 11.4 Å². The van der Waals surface area contributed by atoms with Crippen molar-refractivity contribution in [1.29, 1.82) is 0 Å². The third-order valence-electron chi connectivity index (χ3n) is 7.24. The number of rotatable bonds is 11. The summed E-state index contributed by atoms with van der Waals surface area (Å²) in [6, 6.07) is 22.9.